The number of benzene rings is 1. The molecule has 0 bridgehead atoms. The first-order valence-corrected chi connectivity index (χ1v) is 5.98. The summed E-state index contributed by atoms with van der Waals surface area (Å²) in [6.07, 6.45) is 2.60. The van der Waals surface area contributed by atoms with E-state index in [1.807, 2.05) is 0 Å². The van der Waals surface area contributed by atoms with Gasteiger partial charge in [0.1, 0.15) is 5.82 Å². The summed E-state index contributed by atoms with van der Waals surface area (Å²) < 4.78 is 13.8. The predicted octanol–water partition coefficient (Wildman–Crippen LogP) is 2.71. The second-order valence-corrected chi connectivity index (χ2v) is 4.95. The quantitative estimate of drug-likeness (QED) is 0.890. The Hall–Kier alpha value is -2.43. The van der Waals surface area contributed by atoms with Crippen molar-refractivity contribution in [2.75, 3.05) is 0 Å². The van der Waals surface area contributed by atoms with Gasteiger partial charge in [0, 0.05) is 11.1 Å². The molecule has 1 aliphatic carbocycles. The van der Waals surface area contributed by atoms with Crippen LogP contribution in [-0.2, 0) is 9.59 Å². The number of rotatable bonds is 3. The van der Waals surface area contributed by atoms with Gasteiger partial charge in [-0.3, -0.25) is 4.79 Å². The van der Waals surface area contributed by atoms with Crippen molar-refractivity contribution in [3.63, 3.8) is 0 Å². The van der Waals surface area contributed by atoms with Crippen LogP contribution in [0.25, 0.3) is 5.57 Å². The molecule has 0 saturated heterocycles. The monoisotopic (exact) mass is 276 g/mol. The molecule has 4 nitrogen and oxygen atoms in total. The van der Waals surface area contributed by atoms with Gasteiger partial charge in [-0.1, -0.05) is 24.3 Å². The lowest BCUT2D eigenvalue weighted by Crippen LogP contribution is -2.29. The van der Waals surface area contributed by atoms with E-state index in [-0.39, 0.29) is 23.1 Å². The van der Waals surface area contributed by atoms with Crippen LogP contribution in [-0.4, -0.2) is 22.2 Å². The van der Waals surface area contributed by atoms with Gasteiger partial charge in [0.2, 0.25) is 0 Å². The standard InChI is InChI=1S/C15H13FO4/c1-15(14(19)20)7-9(6-10(8-15)13(17)18)11-4-2-3-5-12(11)16/h2-7H,8H2,1H3,(H,17,18)(H,19,20). The molecule has 104 valence electrons. The molecule has 2 rings (SSSR count). The molecule has 1 aliphatic rings. The first-order chi connectivity index (χ1) is 9.33. The number of aliphatic carboxylic acids is 2. The lowest BCUT2D eigenvalue weighted by Gasteiger charge is -2.26. The number of carboxylic acids is 2. The maximum atomic E-state index is 13.8. The molecule has 0 fully saturated rings. The summed E-state index contributed by atoms with van der Waals surface area (Å²) in [6.45, 7) is 1.42. The number of carbonyl (C=O) groups is 2. The fourth-order valence-electron chi connectivity index (χ4n) is 2.20. The lowest BCUT2D eigenvalue weighted by atomic mass is 9.76. The van der Waals surface area contributed by atoms with Crippen LogP contribution in [0.5, 0.6) is 0 Å². The van der Waals surface area contributed by atoms with Gasteiger partial charge < -0.3 is 10.2 Å². The Balaban J connectivity index is 2.59. The number of halogens is 1. The zero-order valence-electron chi connectivity index (χ0n) is 10.8. The van der Waals surface area contributed by atoms with Crippen LogP contribution in [0.4, 0.5) is 4.39 Å². The van der Waals surface area contributed by atoms with Gasteiger partial charge in [-0.25, -0.2) is 9.18 Å². The van der Waals surface area contributed by atoms with E-state index >= 15 is 0 Å². The Labute approximate surface area is 114 Å². The highest BCUT2D eigenvalue weighted by atomic mass is 19.1. The number of allylic oxidation sites excluding steroid dienone is 2. The van der Waals surface area contributed by atoms with E-state index < -0.39 is 23.2 Å². The van der Waals surface area contributed by atoms with Crippen molar-refractivity contribution in [3.8, 4) is 0 Å². The number of hydrogen-bond acceptors (Lipinski definition) is 2. The molecule has 0 heterocycles. The smallest absolute Gasteiger partial charge is 0.331 e. The third kappa shape index (κ3) is 2.47. The van der Waals surface area contributed by atoms with E-state index in [9.17, 15) is 19.1 Å². The SMILES string of the molecule is CC1(C(=O)O)C=C(c2ccccc2F)C=C(C(=O)O)C1. The highest BCUT2D eigenvalue weighted by Gasteiger charge is 2.37. The Morgan fingerprint density at radius 3 is 2.45 bits per heavy atom. The van der Waals surface area contributed by atoms with Gasteiger partial charge in [0.05, 0.1) is 5.41 Å². The molecule has 2 N–H and O–H groups in total. The second-order valence-electron chi connectivity index (χ2n) is 4.95. The Bertz CT molecular complexity index is 645. The van der Waals surface area contributed by atoms with E-state index in [1.165, 1.54) is 37.3 Å². The fourth-order valence-corrected chi connectivity index (χ4v) is 2.20. The lowest BCUT2D eigenvalue weighted by molar-refractivity contribution is -0.145. The molecular weight excluding hydrogens is 263 g/mol. The molecule has 0 aliphatic heterocycles. The topological polar surface area (TPSA) is 74.6 Å². The van der Waals surface area contributed by atoms with Gasteiger partial charge in [0.15, 0.2) is 0 Å². The summed E-state index contributed by atoms with van der Waals surface area (Å²) in [6, 6.07) is 5.86. The van der Waals surface area contributed by atoms with Gasteiger partial charge in [-0.05, 0) is 31.1 Å². The summed E-state index contributed by atoms with van der Waals surface area (Å²) >= 11 is 0. The molecule has 1 aromatic rings. The molecule has 0 aromatic heterocycles. The molecule has 20 heavy (non-hydrogen) atoms. The molecule has 1 atom stereocenters. The highest BCUT2D eigenvalue weighted by Crippen LogP contribution is 2.38. The Morgan fingerprint density at radius 2 is 1.90 bits per heavy atom. The predicted molar refractivity (Wildman–Crippen MR) is 70.5 cm³/mol. The van der Waals surface area contributed by atoms with Crippen LogP contribution in [0, 0.1) is 11.2 Å². The fraction of sp³-hybridized carbons (Fsp3) is 0.200. The van der Waals surface area contributed by atoms with Crippen molar-refractivity contribution in [2.45, 2.75) is 13.3 Å². The average Bonchev–Trinajstić information content (AvgIpc) is 2.38. The van der Waals surface area contributed by atoms with Gasteiger partial charge in [0.25, 0.3) is 0 Å². The van der Waals surface area contributed by atoms with Crippen LogP contribution >= 0.6 is 0 Å². The van der Waals surface area contributed by atoms with Crippen LogP contribution in [0.15, 0.2) is 42.0 Å². The van der Waals surface area contributed by atoms with Gasteiger partial charge in [-0.15, -0.1) is 0 Å². The van der Waals surface area contributed by atoms with E-state index in [0.717, 1.165) is 0 Å². The maximum Gasteiger partial charge on any atom is 0.331 e. The Kier molecular flexibility index (Phi) is 3.44. The van der Waals surface area contributed by atoms with Crippen LogP contribution in [0.1, 0.15) is 18.9 Å². The highest BCUT2D eigenvalue weighted by molar-refractivity contribution is 5.96. The van der Waals surface area contributed by atoms with Gasteiger partial charge >= 0.3 is 11.9 Å². The van der Waals surface area contributed by atoms with Crippen molar-refractivity contribution < 1.29 is 24.2 Å². The first-order valence-electron chi connectivity index (χ1n) is 5.98. The van der Waals surface area contributed by atoms with Crippen molar-refractivity contribution in [1.82, 2.24) is 0 Å². The summed E-state index contributed by atoms with van der Waals surface area (Å²) in [5, 5.41) is 18.4. The van der Waals surface area contributed by atoms with E-state index in [1.54, 1.807) is 6.07 Å². The molecule has 1 aromatic carbocycles. The minimum atomic E-state index is -1.36. The van der Waals surface area contributed by atoms with Crippen molar-refractivity contribution in [1.29, 1.82) is 0 Å². The molecule has 1 unspecified atom stereocenters. The van der Waals surface area contributed by atoms with Crippen molar-refractivity contribution in [2.24, 2.45) is 5.41 Å². The first kappa shape index (κ1) is 14.0. The molecule has 0 spiro atoms. The van der Waals surface area contributed by atoms with Crippen molar-refractivity contribution in [3.05, 3.63) is 53.4 Å². The van der Waals surface area contributed by atoms with E-state index in [0.29, 0.717) is 0 Å². The summed E-state index contributed by atoms with van der Waals surface area (Å²) in [5.41, 5.74) is -0.939. The number of carboxylic acid groups (broad SMARTS) is 2. The summed E-state index contributed by atoms with van der Waals surface area (Å²) in [5.74, 6) is -2.85. The average molecular weight is 276 g/mol. The van der Waals surface area contributed by atoms with Crippen LogP contribution < -0.4 is 0 Å². The van der Waals surface area contributed by atoms with E-state index in [2.05, 4.69) is 0 Å². The van der Waals surface area contributed by atoms with Gasteiger partial charge in [-0.2, -0.15) is 0 Å². The summed E-state index contributed by atoms with van der Waals surface area (Å²) in [4.78, 5) is 22.5. The van der Waals surface area contributed by atoms with Crippen LogP contribution in [0.3, 0.4) is 0 Å². The minimum Gasteiger partial charge on any atom is -0.481 e. The largest absolute Gasteiger partial charge is 0.481 e. The molecular formula is C15H13FO4. The second kappa shape index (κ2) is 4.92. The van der Waals surface area contributed by atoms with Crippen molar-refractivity contribution >= 4 is 17.5 Å². The molecule has 5 heteroatoms. The van der Waals surface area contributed by atoms with E-state index in [4.69, 9.17) is 5.11 Å². The Morgan fingerprint density at radius 1 is 1.25 bits per heavy atom. The number of hydrogen-bond donors (Lipinski definition) is 2. The normalized spacial score (nSPS) is 21.9. The zero-order chi connectivity index (χ0) is 14.9. The molecule has 0 radical (unpaired) electrons. The third-order valence-electron chi connectivity index (χ3n) is 3.31. The molecule has 0 amide bonds. The third-order valence-corrected chi connectivity index (χ3v) is 3.31. The molecule has 0 saturated carbocycles. The summed E-state index contributed by atoms with van der Waals surface area (Å²) in [7, 11) is 0. The minimum absolute atomic E-state index is 0.0457. The van der Waals surface area contributed by atoms with Crippen LogP contribution in [0.2, 0.25) is 0 Å². The maximum absolute atomic E-state index is 13.8. The zero-order valence-corrected chi connectivity index (χ0v) is 10.8.